The summed E-state index contributed by atoms with van der Waals surface area (Å²) in [5.74, 6) is 0.0342. The largest absolute Gasteiger partial charge is 0.395 e. The van der Waals surface area contributed by atoms with Gasteiger partial charge in [0.1, 0.15) is 0 Å². The summed E-state index contributed by atoms with van der Waals surface area (Å²) in [7, 11) is 0. The van der Waals surface area contributed by atoms with Gasteiger partial charge in [0.05, 0.1) is 17.2 Å². The number of aryl methyl sites for hydroxylation is 1. The Morgan fingerprint density at radius 1 is 1.33 bits per heavy atom. The van der Waals surface area contributed by atoms with Gasteiger partial charge in [-0.1, -0.05) is 30.4 Å². The third-order valence-corrected chi connectivity index (χ3v) is 4.65. The average Bonchev–Trinajstić information content (AvgIpc) is 2.78. The van der Waals surface area contributed by atoms with Crippen LogP contribution in [0.15, 0.2) is 29.3 Å². The van der Waals surface area contributed by atoms with Crippen LogP contribution in [0.3, 0.4) is 0 Å². The smallest absolute Gasteiger partial charge is 0.190 e. The molecule has 0 saturated heterocycles. The molecule has 2 rings (SSSR count). The van der Waals surface area contributed by atoms with Crippen molar-refractivity contribution in [1.82, 2.24) is 4.57 Å². The number of hydrogen-bond acceptors (Lipinski definition) is 4. The average molecular weight is 304 g/mol. The lowest BCUT2D eigenvalue weighted by molar-refractivity contribution is 0.102. The number of benzene rings is 1. The summed E-state index contributed by atoms with van der Waals surface area (Å²) in [5.41, 5.74) is 2.99. The summed E-state index contributed by atoms with van der Waals surface area (Å²) < 4.78 is 1.90. The van der Waals surface area contributed by atoms with Gasteiger partial charge in [-0.05, 0) is 31.0 Å². The van der Waals surface area contributed by atoms with Crippen LogP contribution < -0.4 is 4.80 Å². The van der Waals surface area contributed by atoms with E-state index in [-0.39, 0.29) is 12.4 Å². The minimum absolute atomic E-state index is 0.0247. The summed E-state index contributed by atoms with van der Waals surface area (Å²) in [5, 5.41) is 9.21. The van der Waals surface area contributed by atoms with Crippen molar-refractivity contribution in [2.24, 2.45) is 4.99 Å². The maximum absolute atomic E-state index is 11.7. The van der Waals surface area contributed by atoms with Gasteiger partial charge in [0.2, 0.25) is 0 Å². The quantitative estimate of drug-likeness (QED) is 0.864. The van der Waals surface area contributed by atoms with Crippen molar-refractivity contribution in [2.45, 2.75) is 33.7 Å². The van der Waals surface area contributed by atoms with E-state index in [0.717, 1.165) is 22.6 Å². The molecule has 0 radical (unpaired) electrons. The van der Waals surface area contributed by atoms with Gasteiger partial charge in [-0.3, -0.25) is 4.79 Å². The molecule has 0 unspecified atom stereocenters. The van der Waals surface area contributed by atoms with Gasteiger partial charge in [-0.25, -0.2) is 4.99 Å². The number of aliphatic hydroxyl groups excluding tert-OH is 1. The van der Waals surface area contributed by atoms with Gasteiger partial charge >= 0.3 is 0 Å². The molecule has 0 fully saturated rings. The van der Waals surface area contributed by atoms with Gasteiger partial charge in [0, 0.05) is 19.2 Å². The Labute approximate surface area is 128 Å². The number of Topliss-reactive ketones (excluding diaryl/α,β-unsaturated/α-hetero) is 1. The highest BCUT2D eigenvalue weighted by atomic mass is 32.1. The molecular weight excluding hydrogens is 284 g/mol. The van der Waals surface area contributed by atoms with E-state index >= 15 is 0 Å². The second-order valence-corrected chi connectivity index (χ2v) is 5.84. The molecule has 0 amide bonds. The summed E-state index contributed by atoms with van der Waals surface area (Å²) in [6.45, 7) is 6.03. The molecule has 2 aromatic rings. The molecule has 0 spiro atoms. The molecule has 4 nitrogen and oxygen atoms in total. The Bertz CT molecular complexity index is 696. The predicted octanol–water partition coefficient (Wildman–Crippen LogP) is 2.85. The van der Waals surface area contributed by atoms with Crippen LogP contribution in [0.25, 0.3) is 0 Å². The zero-order valence-electron chi connectivity index (χ0n) is 12.6. The first-order valence-electron chi connectivity index (χ1n) is 7.02. The van der Waals surface area contributed by atoms with E-state index in [1.54, 1.807) is 6.92 Å². The van der Waals surface area contributed by atoms with E-state index in [1.165, 1.54) is 16.9 Å². The summed E-state index contributed by atoms with van der Waals surface area (Å²) in [4.78, 5) is 17.7. The summed E-state index contributed by atoms with van der Waals surface area (Å²) >= 11 is 1.37. The number of thiazole rings is 1. The standard InChI is InChI=1S/C16H20N2O2S/c1-4-13-5-7-14(8-6-13)17-16-18(9-10-19)11(2)15(21-16)12(3)20/h5-8,19H,4,9-10H2,1-3H3. The normalized spacial score (nSPS) is 11.9. The molecule has 0 atom stereocenters. The molecule has 1 heterocycles. The van der Waals surface area contributed by atoms with Gasteiger partial charge in [0.15, 0.2) is 10.6 Å². The highest BCUT2D eigenvalue weighted by Crippen LogP contribution is 2.16. The number of aromatic nitrogens is 1. The number of nitrogens with zero attached hydrogens (tertiary/aromatic N) is 2. The van der Waals surface area contributed by atoms with Crippen LogP contribution in [0.1, 0.15) is 34.8 Å². The third-order valence-electron chi connectivity index (χ3n) is 3.37. The highest BCUT2D eigenvalue weighted by molar-refractivity contribution is 7.11. The topological polar surface area (TPSA) is 54.6 Å². The van der Waals surface area contributed by atoms with E-state index in [4.69, 9.17) is 0 Å². The van der Waals surface area contributed by atoms with E-state index in [2.05, 4.69) is 24.0 Å². The predicted molar refractivity (Wildman–Crippen MR) is 85.2 cm³/mol. The number of aliphatic hydroxyl groups is 1. The van der Waals surface area contributed by atoms with Crippen LogP contribution in [0.5, 0.6) is 0 Å². The first kappa shape index (κ1) is 15.7. The van der Waals surface area contributed by atoms with Crippen molar-refractivity contribution >= 4 is 22.8 Å². The number of rotatable bonds is 5. The second kappa shape index (κ2) is 6.83. The molecule has 21 heavy (non-hydrogen) atoms. The van der Waals surface area contributed by atoms with Crippen molar-refractivity contribution in [3.05, 3.63) is 45.2 Å². The van der Waals surface area contributed by atoms with Gasteiger partial charge in [-0.15, -0.1) is 0 Å². The lowest BCUT2D eigenvalue weighted by Gasteiger charge is -2.03. The Kier molecular flexibility index (Phi) is 5.09. The first-order valence-corrected chi connectivity index (χ1v) is 7.84. The molecule has 5 heteroatoms. The van der Waals surface area contributed by atoms with E-state index < -0.39 is 0 Å². The Morgan fingerprint density at radius 2 is 2.00 bits per heavy atom. The molecule has 0 aliphatic rings. The lowest BCUT2D eigenvalue weighted by atomic mass is 10.2. The third kappa shape index (κ3) is 3.49. The van der Waals surface area contributed by atoms with Crippen molar-refractivity contribution < 1.29 is 9.90 Å². The molecule has 112 valence electrons. The van der Waals surface area contributed by atoms with Gasteiger partial charge in [0.25, 0.3) is 0 Å². The summed E-state index contributed by atoms with van der Waals surface area (Å²) in [6, 6.07) is 8.07. The Morgan fingerprint density at radius 3 is 2.52 bits per heavy atom. The first-order chi connectivity index (χ1) is 10.1. The molecule has 0 aliphatic carbocycles. The zero-order chi connectivity index (χ0) is 15.4. The number of carbonyl (C=O) groups is 1. The van der Waals surface area contributed by atoms with Gasteiger partial charge in [-0.2, -0.15) is 0 Å². The molecule has 0 aliphatic heterocycles. The van der Waals surface area contributed by atoms with E-state index in [0.29, 0.717) is 11.4 Å². The zero-order valence-corrected chi connectivity index (χ0v) is 13.4. The van der Waals surface area contributed by atoms with Crippen LogP contribution in [0.2, 0.25) is 0 Å². The fourth-order valence-corrected chi connectivity index (χ4v) is 3.25. The fraction of sp³-hybridized carbons (Fsp3) is 0.375. The van der Waals surface area contributed by atoms with Crippen molar-refractivity contribution in [1.29, 1.82) is 0 Å². The van der Waals surface area contributed by atoms with E-state index in [9.17, 15) is 9.90 Å². The number of hydrogen-bond donors (Lipinski definition) is 1. The maximum atomic E-state index is 11.7. The van der Waals surface area contributed by atoms with Crippen LogP contribution in [0.4, 0.5) is 5.69 Å². The minimum atomic E-state index is 0.0247. The van der Waals surface area contributed by atoms with Crippen molar-refractivity contribution in [3.8, 4) is 0 Å². The SMILES string of the molecule is CCc1ccc(N=c2sc(C(C)=O)c(C)n2CCO)cc1. The molecular formula is C16H20N2O2S. The maximum Gasteiger partial charge on any atom is 0.190 e. The monoisotopic (exact) mass is 304 g/mol. The number of carbonyl (C=O) groups excluding carboxylic acids is 1. The lowest BCUT2D eigenvalue weighted by Crippen LogP contribution is -2.18. The van der Waals surface area contributed by atoms with Crippen LogP contribution in [-0.4, -0.2) is 22.1 Å². The van der Waals surface area contributed by atoms with Crippen LogP contribution in [0, 0.1) is 6.92 Å². The van der Waals surface area contributed by atoms with E-state index in [1.807, 2.05) is 23.6 Å². The van der Waals surface area contributed by atoms with Crippen LogP contribution >= 0.6 is 11.3 Å². The minimum Gasteiger partial charge on any atom is -0.395 e. The fourth-order valence-electron chi connectivity index (χ4n) is 2.18. The van der Waals surface area contributed by atoms with Crippen molar-refractivity contribution in [3.63, 3.8) is 0 Å². The second-order valence-electron chi connectivity index (χ2n) is 4.86. The molecule has 1 N–H and O–H groups in total. The van der Waals surface area contributed by atoms with Crippen LogP contribution in [-0.2, 0) is 13.0 Å². The Hall–Kier alpha value is -1.72. The summed E-state index contributed by atoms with van der Waals surface area (Å²) in [6.07, 6.45) is 0.997. The number of ketones is 1. The Balaban J connectivity index is 2.52. The molecule has 0 bridgehead atoms. The van der Waals surface area contributed by atoms with Crippen molar-refractivity contribution in [2.75, 3.05) is 6.61 Å². The molecule has 0 saturated carbocycles. The molecule has 1 aromatic heterocycles. The molecule has 1 aromatic carbocycles. The van der Waals surface area contributed by atoms with Gasteiger partial charge < -0.3 is 9.67 Å². The highest BCUT2D eigenvalue weighted by Gasteiger charge is 2.12.